The first-order valence-corrected chi connectivity index (χ1v) is 7.54. The molecule has 1 heterocycles. The van der Waals surface area contributed by atoms with E-state index in [0.717, 1.165) is 19.1 Å². The van der Waals surface area contributed by atoms with E-state index < -0.39 is 0 Å². The summed E-state index contributed by atoms with van der Waals surface area (Å²) < 4.78 is 11.7. The third kappa shape index (κ3) is 3.27. The lowest BCUT2D eigenvalue weighted by Gasteiger charge is -2.44. The van der Waals surface area contributed by atoms with Crippen molar-refractivity contribution in [3.05, 3.63) is 0 Å². The Hall–Kier alpha value is -0.0800. The molecule has 2 nitrogen and oxygen atoms in total. The van der Waals surface area contributed by atoms with Gasteiger partial charge in [-0.05, 0) is 50.9 Å². The van der Waals surface area contributed by atoms with Crippen molar-refractivity contribution < 1.29 is 9.47 Å². The molecule has 0 aromatic rings. The van der Waals surface area contributed by atoms with Gasteiger partial charge in [0, 0.05) is 5.92 Å². The molecule has 0 unspecified atom stereocenters. The largest absolute Gasteiger partial charge is 0.380 e. The average Bonchev–Trinajstić information content (AvgIpc) is 2.12. The second-order valence-electron chi connectivity index (χ2n) is 7.80. The van der Waals surface area contributed by atoms with Crippen LogP contribution in [-0.2, 0) is 9.47 Å². The highest BCUT2D eigenvalue weighted by atomic mass is 16.5. The third-order valence-electron chi connectivity index (χ3n) is 4.99. The molecular weight excluding hydrogens is 224 g/mol. The molecule has 0 spiro atoms. The van der Waals surface area contributed by atoms with Gasteiger partial charge in [-0.1, -0.05) is 20.8 Å². The lowest BCUT2D eigenvalue weighted by Crippen LogP contribution is -2.48. The molecule has 2 fully saturated rings. The van der Waals surface area contributed by atoms with Gasteiger partial charge in [0.15, 0.2) is 0 Å². The maximum Gasteiger partial charge on any atom is 0.0702 e. The summed E-state index contributed by atoms with van der Waals surface area (Å²) >= 11 is 0. The molecule has 0 atom stereocenters. The molecule has 18 heavy (non-hydrogen) atoms. The lowest BCUT2D eigenvalue weighted by molar-refractivity contribution is -0.186. The minimum absolute atomic E-state index is 0.00249. The minimum Gasteiger partial charge on any atom is -0.380 e. The fourth-order valence-corrected chi connectivity index (χ4v) is 3.21. The maximum atomic E-state index is 6.36. The predicted molar refractivity (Wildman–Crippen MR) is 74.7 cm³/mol. The van der Waals surface area contributed by atoms with E-state index >= 15 is 0 Å². The number of hydrogen-bond donors (Lipinski definition) is 0. The van der Waals surface area contributed by atoms with Crippen molar-refractivity contribution in [2.75, 3.05) is 13.2 Å². The van der Waals surface area contributed by atoms with Crippen LogP contribution in [0.4, 0.5) is 0 Å². The minimum atomic E-state index is -0.00249. The zero-order valence-electron chi connectivity index (χ0n) is 12.8. The average molecular weight is 254 g/mol. The summed E-state index contributed by atoms with van der Waals surface area (Å²) in [6.07, 6.45) is 5.59. The number of hydrogen-bond acceptors (Lipinski definition) is 2. The predicted octanol–water partition coefficient (Wildman–Crippen LogP) is 4.03. The van der Waals surface area contributed by atoms with Crippen LogP contribution in [-0.4, -0.2) is 24.9 Å². The van der Waals surface area contributed by atoms with Crippen LogP contribution in [0.3, 0.4) is 0 Å². The summed E-state index contributed by atoms with van der Waals surface area (Å²) in [5.74, 6) is 1.46. The van der Waals surface area contributed by atoms with Gasteiger partial charge in [0.25, 0.3) is 0 Å². The van der Waals surface area contributed by atoms with Gasteiger partial charge in [-0.15, -0.1) is 0 Å². The van der Waals surface area contributed by atoms with Crippen LogP contribution in [0, 0.1) is 17.3 Å². The van der Waals surface area contributed by atoms with Gasteiger partial charge in [0.05, 0.1) is 24.9 Å². The van der Waals surface area contributed by atoms with Crippen LogP contribution in [0.1, 0.15) is 60.3 Å². The zero-order valence-corrected chi connectivity index (χ0v) is 12.8. The molecule has 0 N–H and O–H groups in total. The molecule has 0 bridgehead atoms. The summed E-state index contributed by atoms with van der Waals surface area (Å²) in [6, 6.07) is 0. The highest BCUT2D eigenvalue weighted by Crippen LogP contribution is 2.40. The first kappa shape index (κ1) is 14.3. The molecule has 1 saturated heterocycles. The van der Waals surface area contributed by atoms with Crippen molar-refractivity contribution in [3.8, 4) is 0 Å². The molecule has 0 aromatic heterocycles. The van der Waals surface area contributed by atoms with Crippen molar-refractivity contribution in [1.29, 1.82) is 0 Å². The highest BCUT2D eigenvalue weighted by molar-refractivity contribution is 4.87. The van der Waals surface area contributed by atoms with Crippen LogP contribution in [0.15, 0.2) is 0 Å². The topological polar surface area (TPSA) is 18.5 Å². The third-order valence-corrected chi connectivity index (χ3v) is 4.99. The van der Waals surface area contributed by atoms with E-state index in [1.165, 1.54) is 25.7 Å². The van der Waals surface area contributed by atoms with Gasteiger partial charge in [-0.3, -0.25) is 0 Å². The van der Waals surface area contributed by atoms with Crippen LogP contribution in [0.2, 0.25) is 0 Å². The van der Waals surface area contributed by atoms with Gasteiger partial charge in [-0.25, -0.2) is 0 Å². The fraction of sp³-hybridized carbons (Fsp3) is 1.00. The monoisotopic (exact) mass is 254 g/mol. The summed E-state index contributed by atoms with van der Waals surface area (Å²) in [6.45, 7) is 13.3. The van der Waals surface area contributed by atoms with E-state index in [-0.39, 0.29) is 5.60 Å². The van der Waals surface area contributed by atoms with E-state index in [1.807, 2.05) is 0 Å². The summed E-state index contributed by atoms with van der Waals surface area (Å²) in [5, 5.41) is 0. The van der Waals surface area contributed by atoms with Gasteiger partial charge in [0.2, 0.25) is 0 Å². The Labute approximate surface area is 112 Å². The first-order valence-electron chi connectivity index (χ1n) is 7.54. The van der Waals surface area contributed by atoms with Crippen LogP contribution in [0.5, 0.6) is 0 Å². The van der Waals surface area contributed by atoms with E-state index in [4.69, 9.17) is 9.47 Å². The molecule has 1 saturated carbocycles. The van der Waals surface area contributed by atoms with Crippen molar-refractivity contribution >= 4 is 0 Å². The highest BCUT2D eigenvalue weighted by Gasteiger charge is 2.39. The van der Waals surface area contributed by atoms with Crippen molar-refractivity contribution in [2.24, 2.45) is 17.3 Å². The molecule has 0 radical (unpaired) electrons. The Bertz CT molecular complexity index is 265. The molecule has 2 heteroatoms. The fourth-order valence-electron chi connectivity index (χ4n) is 3.21. The summed E-state index contributed by atoms with van der Waals surface area (Å²) in [7, 11) is 0. The molecule has 2 aliphatic rings. The van der Waals surface area contributed by atoms with Crippen molar-refractivity contribution in [1.82, 2.24) is 0 Å². The molecule has 0 amide bonds. The van der Waals surface area contributed by atoms with Gasteiger partial charge in [-0.2, -0.15) is 0 Å². The SMILES string of the molecule is CC(C)(C)C1CCC(OC(C)(C)C2COC2)CC1. The van der Waals surface area contributed by atoms with Crippen LogP contribution < -0.4 is 0 Å². The summed E-state index contributed by atoms with van der Waals surface area (Å²) in [4.78, 5) is 0. The molecular formula is C16H30O2. The van der Waals surface area contributed by atoms with Gasteiger partial charge in [0.1, 0.15) is 0 Å². The Balaban J connectivity index is 1.79. The molecule has 2 rings (SSSR count). The van der Waals surface area contributed by atoms with E-state index in [9.17, 15) is 0 Å². The zero-order chi connectivity index (χ0) is 13.4. The maximum absolute atomic E-state index is 6.36. The Kier molecular flexibility index (Phi) is 4.08. The Morgan fingerprint density at radius 1 is 0.833 bits per heavy atom. The second kappa shape index (κ2) is 5.13. The number of rotatable bonds is 3. The quantitative estimate of drug-likeness (QED) is 0.757. The first-order chi connectivity index (χ1) is 8.29. The normalized spacial score (nSPS) is 31.2. The lowest BCUT2D eigenvalue weighted by atomic mass is 9.71. The molecule has 0 aromatic carbocycles. The molecule has 106 valence electrons. The smallest absolute Gasteiger partial charge is 0.0702 e. The molecule has 1 aliphatic heterocycles. The van der Waals surface area contributed by atoms with Crippen molar-refractivity contribution in [2.45, 2.75) is 72.0 Å². The molecule has 1 aliphatic carbocycles. The van der Waals surface area contributed by atoms with E-state index in [0.29, 0.717) is 17.4 Å². The van der Waals surface area contributed by atoms with Crippen molar-refractivity contribution in [3.63, 3.8) is 0 Å². The standard InChI is InChI=1S/C16H30O2/c1-15(2,3)12-6-8-14(9-7-12)18-16(4,5)13-10-17-11-13/h12-14H,6-11H2,1-5H3. The summed E-state index contributed by atoms with van der Waals surface area (Å²) in [5.41, 5.74) is 0.458. The number of ether oxygens (including phenoxy) is 2. The van der Waals surface area contributed by atoms with Crippen LogP contribution >= 0.6 is 0 Å². The van der Waals surface area contributed by atoms with Crippen LogP contribution in [0.25, 0.3) is 0 Å². The van der Waals surface area contributed by atoms with Gasteiger partial charge < -0.3 is 9.47 Å². The second-order valence-corrected chi connectivity index (χ2v) is 7.80. The van der Waals surface area contributed by atoms with Gasteiger partial charge >= 0.3 is 0 Å². The Morgan fingerprint density at radius 3 is 1.78 bits per heavy atom. The van der Waals surface area contributed by atoms with E-state index in [2.05, 4.69) is 34.6 Å². The Morgan fingerprint density at radius 2 is 1.39 bits per heavy atom. The van der Waals surface area contributed by atoms with E-state index in [1.54, 1.807) is 0 Å².